The number of carbonyl (C=O) groups excluding carboxylic acids is 1. The highest BCUT2D eigenvalue weighted by molar-refractivity contribution is 8.00. The normalized spacial score (nSPS) is 16.9. The number of sulfonamides is 1. The van der Waals surface area contributed by atoms with E-state index in [0.29, 0.717) is 13.1 Å². The molecular formula is C19H21FN2O3S2. The second kappa shape index (κ2) is 8.41. The first-order valence-electron chi connectivity index (χ1n) is 8.64. The molecule has 1 amide bonds. The van der Waals surface area contributed by atoms with E-state index >= 15 is 0 Å². The molecule has 2 aromatic rings. The average molecular weight is 409 g/mol. The van der Waals surface area contributed by atoms with Crippen LogP contribution in [0.1, 0.15) is 6.92 Å². The second-order valence-electron chi connectivity index (χ2n) is 6.26. The summed E-state index contributed by atoms with van der Waals surface area (Å²) in [7, 11) is -3.53. The van der Waals surface area contributed by atoms with Gasteiger partial charge in [-0.25, -0.2) is 12.8 Å². The van der Waals surface area contributed by atoms with Crippen molar-refractivity contribution in [2.45, 2.75) is 22.0 Å². The van der Waals surface area contributed by atoms with E-state index in [1.807, 2.05) is 6.92 Å². The molecule has 1 aliphatic rings. The van der Waals surface area contributed by atoms with Gasteiger partial charge in [0.15, 0.2) is 0 Å². The van der Waals surface area contributed by atoms with Crippen molar-refractivity contribution in [2.24, 2.45) is 0 Å². The van der Waals surface area contributed by atoms with E-state index in [-0.39, 0.29) is 35.0 Å². The summed E-state index contributed by atoms with van der Waals surface area (Å²) < 4.78 is 39.7. The molecule has 0 bridgehead atoms. The van der Waals surface area contributed by atoms with Crippen LogP contribution in [0.15, 0.2) is 64.4 Å². The minimum Gasteiger partial charge on any atom is -0.339 e. The van der Waals surface area contributed by atoms with Gasteiger partial charge < -0.3 is 4.90 Å². The summed E-state index contributed by atoms with van der Waals surface area (Å²) in [5.74, 6) is -0.352. The number of piperazine rings is 1. The highest BCUT2D eigenvalue weighted by Gasteiger charge is 2.31. The van der Waals surface area contributed by atoms with Gasteiger partial charge in [-0.3, -0.25) is 4.79 Å². The molecule has 1 atom stereocenters. The van der Waals surface area contributed by atoms with E-state index in [4.69, 9.17) is 0 Å². The van der Waals surface area contributed by atoms with Gasteiger partial charge in [0, 0.05) is 31.1 Å². The first-order valence-corrected chi connectivity index (χ1v) is 11.0. The van der Waals surface area contributed by atoms with Crippen LogP contribution >= 0.6 is 11.8 Å². The first kappa shape index (κ1) is 19.9. The van der Waals surface area contributed by atoms with Gasteiger partial charge in [-0.1, -0.05) is 18.2 Å². The molecule has 5 nitrogen and oxygen atoms in total. The lowest BCUT2D eigenvalue weighted by molar-refractivity contribution is -0.131. The molecular weight excluding hydrogens is 387 g/mol. The fraction of sp³-hybridized carbons (Fsp3) is 0.316. The number of hydrogen-bond donors (Lipinski definition) is 0. The third-order valence-electron chi connectivity index (χ3n) is 4.41. The Kier molecular flexibility index (Phi) is 6.18. The van der Waals surface area contributed by atoms with Crippen molar-refractivity contribution in [2.75, 3.05) is 26.2 Å². The molecule has 0 saturated carbocycles. The number of nitrogens with zero attached hydrogens (tertiary/aromatic N) is 2. The summed E-state index contributed by atoms with van der Waals surface area (Å²) in [6.45, 7) is 3.08. The summed E-state index contributed by atoms with van der Waals surface area (Å²) in [5, 5.41) is -0.326. The van der Waals surface area contributed by atoms with Crippen LogP contribution in [0.3, 0.4) is 0 Å². The average Bonchev–Trinajstić information content (AvgIpc) is 2.70. The van der Waals surface area contributed by atoms with Crippen molar-refractivity contribution in [3.8, 4) is 0 Å². The first-order chi connectivity index (χ1) is 12.9. The largest absolute Gasteiger partial charge is 0.339 e. The lowest BCUT2D eigenvalue weighted by Gasteiger charge is -2.35. The minimum atomic E-state index is -3.53. The van der Waals surface area contributed by atoms with Crippen molar-refractivity contribution in [3.05, 3.63) is 60.4 Å². The molecule has 0 spiro atoms. The number of hydrogen-bond acceptors (Lipinski definition) is 4. The molecule has 0 aliphatic carbocycles. The van der Waals surface area contributed by atoms with Crippen LogP contribution in [0, 0.1) is 5.82 Å². The number of benzene rings is 2. The second-order valence-corrected chi connectivity index (χ2v) is 9.61. The number of amides is 1. The van der Waals surface area contributed by atoms with Crippen molar-refractivity contribution in [1.82, 2.24) is 9.21 Å². The topological polar surface area (TPSA) is 57.7 Å². The Hall–Kier alpha value is -1.90. The molecule has 1 saturated heterocycles. The molecule has 2 aromatic carbocycles. The third-order valence-corrected chi connectivity index (χ3v) is 7.42. The zero-order valence-electron chi connectivity index (χ0n) is 14.9. The summed E-state index contributed by atoms with van der Waals surface area (Å²) in [6.07, 6.45) is 0. The Morgan fingerprint density at radius 2 is 1.59 bits per heavy atom. The van der Waals surface area contributed by atoms with E-state index < -0.39 is 10.0 Å². The van der Waals surface area contributed by atoms with Crippen LogP contribution in [-0.4, -0.2) is 55.0 Å². The zero-order chi connectivity index (χ0) is 19.4. The fourth-order valence-corrected chi connectivity index (χ4v) is 5.31. The summed E-state index contributed by atoms with van der Waals surface area (Å²) >= 11 is 1.37. The Morgan fingerprint density at radius 1 is 1.00 bits per heavy atom. The van der Waals surface area contributed by atoms with Gasteiger partial charge in [0.25, 0.3) is 0 Å². The van der Waals surface area contributed by atoms with E-state index in [2.05, 4.69) is 0 Å². The third kappa shape index (κ3) is 4.69. The molecule has 144 valence electrons. The Morgan fingerprint density at radius 3 is 2.19 bits per heavy atom. The molecule has 1 heterocycles. The lowest BCUT2D eigenvalue weighted by Crippen LogP contribution is -2.52. The monoisotopic (exact) mass is 408 g/mol. The van der Waals surface area contributed by atoms with E-state index in [1.165, 1.54) is 28.2 Å². The zero-order valence-corrected chi connectivity index (χ0v) is 16.5. The maximum Gasteiger partial charge on any atom is 0.243 e. The molecule has 3 rings (SSSR count). The van der Waals surface area contributed by atoms with E-state index in [0.717, 1.165) is 4.90 Å². The summed E-state index contributed by atoms with van der Waals surface area (Å²) in [4.78, 5) is 15.4. The minimum absolute atomic E-state index is 0.0407. The molecule has 0 N–H and O–H groups in total. The van der Waals surface area contributed by atoms with Crippen molar-refractivity contribution in [1.29, 1.82) is 0 Å². The van der Waals surface area contributed by atoms with Crippen LogP contribution in [0.2, 0.25) is 0 Å². The Balaban J connectivity index is 1.58. The van der Waals surface area contributed by atoms with Gasteiger partial charge in [0.2, 0.25) is 15.9 Å². The quantitative estimate of drug-likeness (QED) is 0.714. The molecule has 0 unspecified atom stereocenters. The molecule has 27 heavy (non-hydrogen) atoms. The summed E-state index contributed by atoms with van der Waals surface area (Å²) in [6, 6.07) is 14.3. The van der Waals surface area contributed by atoms with Crippen LogP contribution < -0.4 is 0 Å². The molecule has 1 aliphatic heterocycles. The predicted molar refractivity (Wildman–Crippen MR) is 103 cm³/mol. The lowest BCUT2D eigenvalue weighted by atomic mass is 10.3. The van der Waals surface area contributed by atoms with Gasteiger partial charge >= 0.3 is 0 Å². The van der Waals surface area contributed by atoms with Gasteiger partial charge in [0.05, 0.1) is 10.1 Å². The van der Waals surface area contributed by atoms with Crippen LogP contribution in [0.4, 0.5) is 4.39 Å². The highest BCUT2D eigenvalue weighted by atomic mass is 32.2. The maximum absolute atomic E-state index is 13.0. The maximum atomic E-state index is 13.0. The Labute approximate surface area is 163 Å². The molecule has 0 radical (unpaired) electrons. The van der Waals surface area contributed by atoms with Gasteiger partial charge in [-0.2, -0.15) is 4.31 Å². The molecule has 0 aromatic heterocycles. The van der Waals surface area contributed by atoms with Crippen molar-refractivity contribution < 1.29 is 17.6 Å². The standard InChI is InChI=1S/C19H21FN2O3S2/c1-15(26-17-9-7-16(20)8-10-17)19(23)21-11-13-22(14-12-21)27(24,25)18-5-3-2-4-6-18/h2-10,15H,11-14H2,1H3/t15-/m0/s1. The van der Waals surface area contributed by atoms with Gasteiger partial charge in [0.1, 0.15) is 5.82 Å². The smallest absolute Gasteiger partial charge is 0.243 e. The number of carbonyl (C=O) groups is 1. The van der Waals surface area contributed by atoms with Gasteiger partial charge in [-0.15, -0.1) is 11.8 Å². The highest BCUT2D eigenvalue weighted by Crippen LogP contribution is 2.25. The number of rotatable bonds is 5. The number of halogens is 1. The molecule has 1 fully saturated rings. The molecule has 8 heteroatoms. The summed E-state index contributed by atoms with van der Waals surface area (Å²) in [5.41, 5.74) is 0. The Bertz CT molecular complexity index is 881. The van der Waals surface area contributed by atoms with Crippen molar-refractivity contribution in [3.63, 3.8) is 0 Å². The van der Waals surface area contributed by atoms with Crippen molar-refractivity contribution >= 4 is 27.7 Å². The SMILES string of the molecule is C[C@H](Sc1ccc(F)cc1)C(=O)N1CCN(S(=O)(=O)c2ccccc2)CC1. The van der Waals surface area contributed by atoms with E-state index in [1.54, 1.807) is 47.4 Å². The fourth-order valence-electron chi connectivity index (χ4n) is 2.92. The van der Waals surface area contributed by atoms with Crippen LogP contribution in [0.5, 0.6) is 0 Å². The number of thioether (sulfide) groups is 1. The predicted octanol–water partition coefficient (Wildman–Crippen LogP) is 2.84. The van der Waals surface area contributed by atoms with Crippen LogP contribution in [-0.2, 0) is 14.8 Å². The van der Waals surface area contributed by atoms with Gasteiger partial charge in [-0.05, 0) is 43.3 Å². The van der Waals surface area contributed by atoms with Crippen LogP contribution in [0.25, 0.3) is 0 Å². The van der Waals surface area contributed by atoms with E-state index in [9.17, 15) is 17.6 Å².